The Morgan fingerprint density at radius 1 is 1.67 bits per heavy atom. The zero-order chi connectivity index (χ0) is 11.3. The summed E-state index contributed by atoms with van der Waals surface area (Å²) >= 11 is 5.27. The second kappa shape index (κ2) is 5.58. The van der Waals surface area contributed by atoms with Gasteiger partial charge in [-0.3, -0.25) is 0 Å². The first kappa shape index (κ1) is 11.8. The first-order valence-corrected chi connectivity index (χ1v) is 4.93. The lowest BCUT2D eigenvalue weighted by molar-refractivity contribution is 0.0697. The number of epoxide rings is 1. The number of benzene rings is 1. The van der Waals surface area contributed by atoms with Crippen molar-refractivity contribution >= 4 is 23.3 Å². The molecule has 1 aromatic rings. The molecule has 1 fully saturated rings. The summed E-state index contributed by atoms with van der Waals surface area (Å²) in [5.74, 6) is -0.285. The molecule has 1 atom stereocenters. The maximum Gasteiger partial charge on any atom is 0.335 e. The number of hydrogen-bond donors (Lipinski definition) is 2. The first-order valence-electron chi connectivity index (χ1n) is 4.40. The maximum atomic E-state index is 10.3. The van der Waals surface area contributed by atoms with E-state index in [-0.39, 0.29) is 5.56 Å². The highest BCUT2D eigenvalue weighted by atomic mass is 35.5. The van der Waals surface area contributed by atoms with Crippen molar-refractivity contribution in [3.05, 3.63) is 29.8 Å². The quantitative estimate of drug-likeness (QED) is 0.459. The number of hydrogen-bond acceptors (Lipinski definition) is 3. The van der Waals surface area contributed by atoms with Crippen molar-refractivity contribution in [2.45, 2.75) is 6.10 Å². The Morgan fingerprint density at radius 2 is 2.33 bits per heavy atom. The second-order valence-electron chi connectivity index (χ2n) is 3.04. The molecule has 15 heavy (non-hydrogen) atoms. The Labute approximate surface area is 92.6 Å². The molecule has 5 heteroatoms. The van der Waals surface area contributed by atoms with E-state index in [1.807, 2.05) is 0 Å². The number of ether oxygens (including phenoxy) is 1. The van der Waals surface area contributed by atoms with Crippen LogP contribution in [0.2, 0.25) is 0 Å². The van der Waals surface area contributed by atoms with Crippen LogP contribution in [-0.4, -0.2) is 29.7 Å². The number of rotatable bonds is 2. The monoisotopic (exact) mass is 229 g/mol. The Kier molecular flexibility index (Phi) is 4.39. The van der Waals surface area contributed by atoms with Gasteiger partial charge in [0.2, 0.25) is 0 Å². The predicted octanol–water partition coefficient (Wildman–Crippen LogP) is 1.59. The minimum atomic E-state index is -0.952. The van der Waals surface area contributed by atoms with Gasteiger partial charge in [0.15, 0.2) is 0 Å². The highest BCUT2D eigenvalue weighted by molar-refractivity contribution is 6.18. The molecule has 0 amide bonds. The van der Waals surface area contributed by atoms with Gasteiger partial charge in [-0.15, -0.1) is 11.6 Å². The van der Waals surface area contributed by atoms with E-state index in [2.05, 4.69) is 0 Å². The third-order valence-corrected chi connectivity index (χ3v) is 2.05. The molecule has 0 spiro atoms. The molecule has 1 aromatic carbocycles. The van der Waals surface area contributed by atoms with Crippen LogP contribution in [0, 0.1) is 0 Å². The third kappa shape index (κ3) is 4.67. The molecule has 0 aromatic heterocycles. The van der Waals surface area contributed by atoms with E-state index in [1.165, 1.54) is 12.1 Å². The van der Waals surface area contributed by atoms with E-state index >= 15 is 0 Å². The molecule has 0 radical (unpaired) electrons. The molecular formula is C10H12ClNO3. The average Bonchev–Trinajstić information content (AvgIpc) is 3.01. The molecule has 82 valence electrons. The van der Waals surface area contributed by atoms with Gasteiger partial charge in [-0.2, -0.15) is 0 Å². The summed E-state index contributed by atoms with van der Waals surface area (Å²) in [5.41, 5.74) is 6.03. The molecule has 1 saturated heterocycles. The fraction of sp³-hybridized carbons (Fsp3) is 0.300. The Hall–Kier alpha value is -1.26. The van der Waals surface area contributed by atoms with E-state index in [0.717, 1.165) is 6.61 Å². The number of aromatic carboxylic acids is 1. The van der Waals surface area contributed by atoms with Crippen LogP contribution in [-0.2, 0) is 4.74 Å². The van der Waals surface area contributed by atoms with Gasteiger partial charge in [-0.1, -0.05) is 6.07 Å². The number of carbonyl (C=O) groups is 1. The molecule has 1 aliphatic rings. The second-order valence-corrected chi connectivity index (χ2v) is 3.35. The van der Waals surface area contributed by atoms with Gasteiger partial charge < -0.3 is 15.6 Å². The Balaban J connectivity index is 0.000000187. The molecule has 1 unspecified atom stereocenters. The van der Waals surface area contributed by atoms with Crippen LogP contribution in [0.15, 0.2) is 24.3 Å². The SMILES string of the molecule is ClCC1CO1.Nc1cccc(C(=O)O)c1. The van der Waals surface area contributed by atoms with Crippen LogP contribution in [0.4, 0.5) is 5.69 Å². The lowest BCUT2D eigenvalue weighted by Gasteiger charge is -1.93. The van der Waals surface area contributed by atoms with Crippen molar-refractivity contribution in [1.29, 1.82) is 0 Å². The first-order chi connectivity index (χ1) is 7.13. The fourth-order valence-electron chi connectivity index (χ4n) is 0.829. The number of alkyl halides is 1. The smallest absolute Gasteiger partial charge is 0.335 e. The topological polar surface area (TPSA) is 75.8 Å². The number of anilines is 1. The summed E-state index contributed by atoms with van der Waals surface area (Å²) in [7, 11) is 0. The number of carboxylic acids is 1. The van der Waals surface area contributed by atoms with Crippen LogP contribution in [0.1, 0.15) is 10.4 Å². The predicted molar refractivity (Wildman–Crippen MR) is 58.3 cm³/mol. The summed E-state index contributed by atoms with van der Waals surface area (Å²) in [6, 6.07) is 6.17. The standard InChI is InChI=1S/C7H7NO2.C3H5ClO/c8-6-3-1-2-5(4-6)7(9)10;4-1-3-2-5-3/h1-4H,8H2,(H,9,10);3H,1-2H2. The molecule has 4 nitrogen and oxygen atoms in total. The fourth-order valence-corrected chi connectivity index (χ4v) is 1.01. The summed E-state index contributed by atoms with van der Waals surface area (Å²) < 4.78 is 4.73. The summed E-state index contributed by atoms with van der Waals surface area (Å²) in [5, 5.41) is 8.45. The Morgan fingerprint density at radius 3 is 2.60 bits per heavy atom. The zero-order valence-electron chi connectivity index (χ0n) is 8.02. The normalized spacial score (nSPS) is 17.5. The van der Waals surface area contributed by atoms with Crippen LogP contribution >= 0.6 is 11.6 Å². The molecule has 3 N–H and O–H groups in total. The average molecular weight is 230 g/mol. The molecule has 0 aliphatic carbocycles. The van der Waals surface area contributed by atoms with Crippen molar-refractivity contribution in [3.63, 3.8) is 0 Å². The summed E-state index contributed by atoms with van der Waals surface area (Å²) in [6.07, 6.45) is 0.400. The van der Waals surface area contributed by atoms with E-state index in [9.17, 15) is 4.79 Å². The van der Waals surface area contributed by atoms with Crippen LogP contribution in [0.5, 0.6) is 0 Å². The molecule has 1 heterocycles. The van der Waals surface area contributed by atoms with Crippen molar-refractivity contribution in [1.82, 2.24) is 0 Å². The number of nitrogen functional groups attached to an aromatic ring is 1. The Bertz CT molecular complexity index is 339. The van der Waals surface area contributed by atoms with Gasteiger partial charge in [0.1, 0.15) is 0 Å². The van der Waals surface area contributed by atoms with E-state index in [4.69, 9.17) is 27.2 Å². The van der Waals surface area contributed by atoms with Crippen LogP contribution in [0.25, 0.3) is 0 Å². The minimum Gasteiger partial charge on any atom is -0.478 e. The highest BCUT2D eigenvalue weighted by Gasteiger charge is 2.19. The lowest BCUT2D eigenvalue weighted by atomic mass is 10.2. The molecule has 1 aliphatic heterocycles. The summed E-state index contributed by atoms with van der Waals surface area (Å²) in [6.45, 7) is 0.878. The van der Waals surface area contributed by atoms with Gasteiger partial charge in [0.25, 0.3) is 0 Å². The summed E-state index contributed by atoms with van der Waals surface area (Å²) in [4.78, 5) is 10.3. The molecule has 0 saturated carbocycles. The minimum absolute atomic E-state index is 0.222. The van der Waals surface area contributed by atoms with Crippen molar-refractivity contribution < 1.29 is 14.6 Å². The van der Waals surface area contributed by atoms with E-state index in [1.54, 1.807) is 12.1 Å². The molecule has 0 bridgehead atoms. The van der Waals surface area contributed by atoms with Crippen molar-refractivity contribution in [2.24, 2.45) is 0 Å². The zero-order valence-corrected chi connectivity index (χ0v) is 8.78. The number of nitrogens with two attached hydrogens (primary N) is 1. The van der Waals surface area contributed by atoms with Crippen LogP contribution < -0.4 is 5.73 Å². The lowest BCUT2D eigenvalue weighted by Crippen LogP contribution is -1.96. The van der Waals surface area contributed by atoms with Gasteiger partial charge in [0.05, 0.1) is 24.2 Å². The molecule has 2 rings (SSSR count). The van der Waals surface area contributed by atoms with E-state index in [0.29, 0.717) is 17.7 Å². The maximum absolute atomic E-state index is 10.3. The van der Waals surface area contributed by atoms with Gasteiger partial charge in [-0.05, 0) is 18.2 Å². The number of halogens is 1. The van der Waals surface area contributed by atoms with Crippen molar-refractivity contribution in [3.8, 4) is 0 Å². The van der Waals surface area contributed by atoms with Gasteiger partial charge in [0, 0.05) is 5.69 Å². The van der Waals surface area contributed by atoms with Crippen LogP contribution in [0.3, 0.4) is 0 Å². The third-order valence-electron chi connectivity index (χ3n) is 1.71. The largest absolute Gasteiger partial charge is 0.478 e. The van der Waals surface area contributed by atoms with Crippen molar-refractivity contribution in [2.75, 3.05) is 18.2 Å². The van der Waals surface area contributed by atoms with Gasteiger partial charge >= 0.3 is 5.97 Å². The number of carboxylic acid groups (broad SMARTS) is 1. The van der Waals surface area contributed by atoms with E-state index < -0.39 is 5.97 Å². The van der Waals surface area contributed by atoms with Gasteiger partial charge in [-0.25, -0.2) is 4.79 Å². The highest BCUT2D eigenvalue weighted by Crippen LogP contribution is 2.08. The molecular weight excluding hydrogens is 218 g/mol.